The van der Waals surface area contributed by atoms with Crippen LogP contribution in [0.25, 0.3) is 0 Å². The van der Waals surface area contributed by atoms with Crippen molar-refractivity contribution in [1.82, 2.24) is 15.0 Å². The summed E-state index contributed by atoms with van der Waals surface area (Å²) in [6.45, 7) is 3.47. The zero-order valence-electron chi connectivity index (χ0n) is 13.6. The minimum absolute atomic E-state index is 0.367. The van der Waals surface area contributed by atoms with E-state index >= 15 is 0 Å². The van der Waals surface area contributed by atoms with E-state index in [1.165, 1.54) is 12.3 Å². The lowest BCUT2D eigenvalue weighted by molar-refractivity contribution is 0.584. The van der Waals surface area contributed by atoms with Crippen LogP contribution in [0.4, 0.5) is 21.8 Å². The smallest absolute Gasteiger partial charge is 0.229 e. The largest absolute Gasteiger partial charge is 0.369 e. The normalized spacial score (nSPS) is 9.96. The number of nitrogens with two attached hydrogens (primary N) is 1. The van der Waals surface area contributed by atoms with E-state index in [1.54, 1.807) is 12.3 Å². The summed E-state index contributed by atoms with van der Waals surface area (Å²) in [6, 6.07) is 2.93. The molecule has 0 fully saturated rings. The van der Waals surface area contributed by atoms with Crippen LogP contribution in [0.5, 0.6) is 0 Å². The number of anilines is 3. The van der Waals surface area contributed by atoms with Gasteiger partial charge in [-0.05, 0) is 25.5 Å². The Labute approximate surface area is 141 Å². The summed E-state index contributed by atoms with van der Waals surface area (Å²) in [7, 11) is 0. The predicted molar refractivity (Wildman–Crippen MR) is 93.5 cm³/mol. The van der Waals surface area contributed by atoms with Gasteiger partial charge in [-0.15, -0.1) is 0 Å². The summed E-state index contributed by atoms with van der Waals surface area (Å²) in [5.41, 5.74) is 6.72. The fourth-order valence-corrected chi connectivity index (χ4v) is 1.87. The van der Waals surface area contributed by atoms with Crippen molar-refractivity contribution in [3.05, 3.63) is 36.0 Å². The first-order chi connectivity index (χ1) is 11.7. The predicted octanol–water partition coefficient (Wildman–Crippen LogP) is 2.67. The molecule has 0 aliphatic heterocycles. The van der Waals surface area contributed by atoms with Gasteiger partial charge in [0.15, 0.2) is 0 Å². The maximum absolute atomic E-state index is 13.2. The second kappa shape index (κ2) is 9.43. The van der Waals surface area contributed by atoms with E-state index in [1.807, 2.05) is 0 Å². The van der Waals surface area contributed by atoms with Crippen LogP contribution in [0.15, 0.2) is 24.5 Å². The summed E-state index contributed by atoms with van der Waals surface area (Å²) < 4.78 is 13.2. The molecule has 0 unspecified atom stereocenters. The zero-order valence-corrected chi connectivity index (χ0v) is 13.6. The lowest BCUT2D eigenvalue weighted by atomic mass is 10.2. The maximum atomic E-state index is 13.2. The van der Waals surface area contributed by atoms with Gasteiger partial charge in [0.05, 0.1) is 11.8 Å². The number of unbranched alkanes of at least 4 members (excludes halogenated alkanes) is 1. The lowest BCUT2D eigenvalue weighted by Crippen LogP contribution is -2.07. The molecule has 2 heterocycles. The SMILES string of the molecule is CCCNc1nc(Nc2ccnc(F)c2)ncc1C#CCCCN. The Morgan fingerprint density at radius 2 is 2.21 bits per heavy atom. The molecule has 0 aliphatic carbocycles. The summed E-state index contributed by atoms with van der Waals surface area (Å²) in [5, 5.41) is 6.19. The molecule has 0 aliphatic rings. The van der Waals surface area contributed by atoms with E-state index in [2.05, 4.69) is 44.4 Å². The number of nitrogens with zero attached hydrogens (tertiary/aromatic N) is 3. The van der Waals surface area contributed by atoms with Gasteiger partial charge in [-0.2, -0.15) is 9.37 Å². The number of hydrogen-bond donors (Lipinski definition) is 3. The van der Waals surface area contributed by atoms with Crippen molar-refractivity contribution in [1.29, 1.82) is 0 Å². The topological polar surface area (TPSA) is 88.8 Å². The third-order valence-corrected chi connectivity index (χ3v) is 3.04. The van der Waals surface area contributed by atoms with E-state index in [4.69, 9.17) is 5.73 Å². The first-order valence-corrected chi connectivity index (χ1v) is 7.91. The molecule has 2 aromatic rings. The highest BCUT2D eigenvalue weighted by Gasteiger charge is 2.06. The molecule has 6 nitrogen and oxygen atoms in total. The van der Waals surface area contributed by atoms with Crippen LogP contribution in [-0.4, -0.2) is 28.0 Å². The van der Waals surface area contributed by atoms with Gasteiger partial charge >= 0.3 is 0 Å². The molecule has 0 saturated carbocycles. The molecule has 2 rings (SSSR count). The van der Waals surface area contributed by atoms with Gasteiger partial charge in [-0.1, -0.05) is 18.8 Å². The summed E-state index contributed by atoms with van der Waals surface area (Å²) in [6.07, 6.45) is 5.59. The van der Waals surface area contributed by atoms with Crippen molar-refractivity contribution in [2.75, 3.05) is 23.7 Å². The molecule has 0 amide bonds. The van der Waals surface area contributed by atoms with Crippen LogP contribution in [0.2, 0.25) is 0 Å². The highest BCUT2D eigenvalue weighted by Crippen LogP contribution is 2.17. The van der Waals surface area contributed by atoms with Crippen LogP contribution in [0.3, 0.4) is 0 Å². The molecular weight excluding hydrogens is 307 g/mol. The highest BCUT2D eigenvalue weighted by molar-refractivity contribution is 5.59. The Kier molecular flexibility index (Phi) is 6.92. The average Bonchev–Trinajstić information content (AvgIpc) is 2.58. The average molecular weight is 328 g/mol. The molecule has 0 aromatic carbocycles. The maximum Gasteiger partial charge on any atom is 0.229 e. The van der Waals surface area contributed by atoms with Gasteiger partial charge in [0.25, 0.3) is 0 Å². The molecule has 0 bridgehead atoms. The molecule has 2 aromatic heterocycles. The van der Waals surface area contributed by atoms with E-state index in [0.29, 0.717) is 24.0 Å². The Morgan fingerprint density at radius 1 is 1.33 bits per heavy atom. The third kappa shape index (κ3) is 5.48. The molecule has 0 saturated heterocycles. The van der Waals surface area contributed by atoms with Crippen molar-refractivity contribution < 1.29 is 4.39 Å². The minimum atomic E-state index is -0.563. The molecular formula is C17H21FN6. The summed E-state index contributed by atoms with van der Waals surface area (Å²) in [5.74, 6) is 6.59. The number of halogens is 1. The zero-order chi connectivity index (χ0) is 17.2. The van der Waals surface area contributed by atoms with Gasteiger partial charge in [-0.3, -0.25) is 0 Å². The first-order valence-electron chi connectivity index (χ1n) is 7.91. The van der Waals surface area contributed by atoms with Crippen molar-refractivity contribution in [3.63, 3.8) is 0 Å². The second-order valence-corrected chi connectivity index (χ2v) is 5.07. The fraction of sp³-hybridized carbons (Fsp3) is 0.353. The van der Waals surface area contributed by atoms with E-state index in [0.717, 1.165) is 31.4 Å². The van der Waals surface area contributed by atoms with Crippen molar-refractivity contribution in [3.8, 4) is 11.8 Å². The number of pyridine rings is 1. The van der Waals surface area contributed by atoms with Crippen molar-refractivity contribution >= 4 is 17.5 Å². The second-order valence-electron chi connectivity index (χ2n) is 5.07. The molecule has 0 radical (unpaired) electrons. The Bertz CT molecular complexity index is 723. The van der Waals surface area contributed by atoms with Crippen LogP contribution in [0, 0.1) is 17.8 Å². The van der Waals surface area contributed by atoms with Gasteiger partial charge in [0, 0.05) is 30.9 Å². The fourth-order valence-electron chi connectivity index (χ4n) is 1.87. The molecule has 24 heavy (non-hydrogen) atoms. The lowest BCUT2D eigenvalue weighted by Gasteiger charge is -2.09. The molecule has 126 valence electrons. The van der Waals surface area contributed by atoms with E-state index < -0.39 is 5.95 Å². The van der Waals surface area contributed by atoms with Gasteiger partial charge in [-0.25, -0.2) is 9.97 Å². The number of hydrogen-bond acceptors (Lipinski definition) is 6. The Balaban J connectivity index is 2.19. The monoisotopic (exact) mass is 328 g/mol. The van der Waals surface area contributed by atoms with Crippen LogP contribution in [0.1, 0.15) is 31.7 Å². The molecule has 7 heteroatoms. The Hall–Kier alpha value is -2.72. The molecule has 0 spiro atoms. The number of nitrogens with one attached hydrogen (secondary N) is 2. The Morgan fingerprint density at radius 3 is 2.96 bits per heavy atom. The number of aromatic nitrogens is 3. The van der Waals surface area contributed by atoms with Gasteiger partial charge < -0.3 is 16.4 Å². The standard InChI is InChI=1S/C17H21FN6/c1-2-9-21-16-13(6-4-3-5-8-19)12-22-17(24-16)23-14-7-10-20-15(18)11-14/h7,10-12H,2-3,5,8-9,19H2,1H3,(H2,20,21,22,23,24). The van der Waals surface area contributed by atoms with E-state index in [-0.39, 0.29) is 0 Å². The highest BCUT2D eigenvalue weighted by atomic mass is 19.1. The number of rotatable bonds is 7. The summed E-state index contributed by atoms with van der Waals surface area (Å²) >= 11 is 0. The van der Waals surface area contributed by atoms with Crippen molar-refractivity contribution in [2.45, 2.75) is 26.2 Å². The molecule has 4 N–H and O–H groups in total. The van der Waals surface area contributed by atoms with Crippen LogP contribution >= 0.6 is 0 Å². The molecule has 0 atom stereocenters. The van der Waals surface area contributed by atoms with Crippen LogP contribution in [-0.2, 0) is 0 Å². The first kappa shape index (κ1) is 17.6. The quantitative estimate of drug-likeness (QED) is 0.411. The van der Waals surface area contributed by atoms with E-state index in [9.17, 15) is 4.39 Å². The minimum Gasteiger partial charge on any atom is -0.369 e. The third-order valence-electron chi connectivity index (χ3n) is 3.04. The van der Waals surface area contributed by atoms with Crippen molar-refractivity contribution in [2.24, 2.45) is 5.73 Å². The van der Waals surface area contributed by atoms with Crippen LogP contribution < -0.4 is 16.4 Å². The van der Waals surface area contributed by atoms with Gasteiger partial charge in [0.1, 0.15) is 5.82 Å². The summed E-state index contributed by atoms with van der Waals surface area (Å²) in [4.78, 5) is 12.2. The van der Waals surface area contributed by atoms with Gasteiger partial charge in [0.2, 0.25) is 11.9 Å².